The first-order valence-corrected chi connectivity index (χ1v) is 12.4. The van der Waals surface area contributed by atoms with Crippen molar-refractivity contribution in [3.05, 3.63) is 59.2 Å². The SMILES string of the molecule is O=C(CCCc1c[nH]c2ccccc12)Nc1ccc(Cl)c(S(=O)(=O)N2CCCCC2)c1. The molecule has 6 nitrogen and oxygen atoms in total. The molecule has 0 bridgehead atoms. The van der Waals surface area contributed by atoms with Crippen LogP contribution in [0.2, 0.25) is 5.02 Å². The number of piperidine rings is 1. The number of aromatic amines is 1. The van der Waals surface area contributed by atoms with Gasteiger partial charge in [0.05, 0.1) is 5.02 Å². The fourth-order valence-electron chi connectivity index (χ4n) is 4.02. The number of nitrogens with one attached hydrogen (secondary N) is 2. The zero-order valence-electron chi connectivity index (χ0n) is 17.2. The lowest BCUT2D eigenvalue weighted by Gasteiger charge is -2.26. The highest BCUT2D eigenvalue weighted by atomic mass is 35.5. The Kier molecular flexibility index (Phi) is 6.65. The number of fused-ring (bicyclic) bond motifs is 1. The van der Waals surface area contributed by atoms with Crippen LogP contribution in [0, 0.1) is 0 Å². The number of carbonyl (C=O) groups excluding carboxylic acids is 1. The lowest BCUT2D eigenvalue weighted by molar-refractivity contribution is -0.116. The Balaban J connectivity index is 1.38. The molecule has 1 aliphatic heterocycles. The number of H-pyrrole nitrogens is 1. The average Bonchev–Trinajstić information content (AvgIpc) is 3.19. The molecule has 1 fully saturated rings. The zero-order valence-corrected chi connectivity index (χ0v) is 18.8. The summed E-state index contributed by atoms with van der Waals surface area (Å²) in [4.78, 5) is 15.7. The number of benzene rings is 2. The van der Waals surface area contributed by atoms with Gasteiger partial charge in [-0.05, 0) is 55.5 Å². The molecule has 2 heterocycles. The summed E-state index contributed by atoms with van der Waals surface area (Å²) in [6, 6.07) is 12.7. The van der Waals surface area contributed by atoms with Crippen LogP contribution in [0.5, 0.6) is 0 Å². The highest BCUT2D eigenvalue weighted by Crippen LogP contribution is 2.29. The molecule has 3 aromatic rings. The van der Waals surface area contributed by atoms with Crippen LogP contribution in [-0.2, 0) is 21.2 Å². The first kappa shape index (κ1) is 21.9. The van der Waals surface area contributed by atoms with E-state index in [-0.39, 0.29) is 15.8 Å². The first-order valence-electron chi connectivity index (χ1n) is 10.6. The number of aryl methyl sites for hydroxylation is 1. The molecule has 1 aromatic heterocycles. The van der Waals surface area contributed by atoms with Crippen molar-refractivity contribution in [3.63, 3.8) is 0 Å². The third-order valence-corrected chi connectivity index (χ3v) is 8.05. The van der Waals surface area contributed by atoms with Crippen molar-refractivity contribution in [2.24, 2.45) is 0 Å². The second kappa shape index (κ2) is 9.42. The van der Waals surface area contributed by atoms with Crippen molar-refractivity contribution in [1.29, 1.82) is 0 Å². The number of anilines is 1. The number of amides is 1. The normalized spacial score (nSPS) is 15.3. The van der Waals surface area contributed by atoms with Crippen LogP contribution < -0.4 is 5.32 Å². The summed E-state index contributed by atoms with van der Waals surface area (Å²) in [5.41, 5.74) is 2.72. The van der Waals surface area contributed by atoms with Gasteiger partial charge in [-0.2, -0.15) is 4.31 Å². The highest BCUT2D eigenvalue weighted by molar-refractivity contribution is 7.89. The molecule has 4 rings (SSSR count). The second-order valence-electron chi connectivity index (χ2n) is 7.87. The van der Waals surface area contributed by atoms with Crippen LogP contribution >= 0.6 is 11.6 Å². The van der Waals surface area contributed by atoms with Gasteiger partial charge in [-0.3, -0.25) is 4.79 Å². The molecule has 0 radical (unpaired) electrons. The summed E-state index contributed by atoms with van der Waals surface area (Å²) in [7, 11) is -3.67. The third-order valence-electron chi connectivity index (χ3n) is 5.67. The van der Waals surface area contributed by atoms with E-state index in [9.17, 15) is 13.2 Å². The fraction of sp³-hybridized carbons (Fsp3) is 0.348. The van der Waals surface area contributed by atoms with Crippen LogP contribution in [0.1, 0.15) is 37.7 Å². The molecule has 0 aliphatic carbocycles. The van der Waals surface area contributed by atoms with Gasteiger partial charge in [-0.1, -0.05) is 36.2 Å². The standard InChI is InChI=1S/C23H26ClN3O3S/c24-20-12-11-18(15-22(20)31(29,30)27-13-4-1-5-14-27)26-23(28)10-6-7-17-16-25-21-9-3-2-8-19(17)21/h2-3,8-9,11-12,15-16,25H,1,4-7,10,13-14H2,(H,26,28). The molecule has 2 N–H and O–H groups in total. The summed E-state index contributed by atoms with van der Waals surface area (Å²) >= 11 is 6.20. The number of halogens is 1. The van der Waals surface area contributed by atoms with Crippen molar-refractivity contribution in [2.45, 2.75) is 43.4 Å². The number of aromatic nitrogens is 1. The van der Waals surface area contributed by atoms with Crippen LogP contribution in [0.4, 0.5) is 5.69 Å². The molecular formula is C23H26ClN3O3S. The molecule has 31 heavy (non-hydrogen) atoms. The Morgan fingerprint density at radius 1 is 1.10 bits per heavy atom. The van der Waals surface area contributed by atoms with Gasteiger partial charge >= 0.3 is 0 Å². The predicted molar refractivity (Wildman–Crippen MR) is 124 cm³/mol. The Labute approximate surface area is 187 Å². The molecular weight excluding hydrogens is 434 g/mol. The van der Waals surface area contributed by atoms with Crippen LogP contribution in [0.15, 0.2) is 53.6 Å². The average molecular weight is 460 g/mol. The van der Waals surface area contributed by atoms with Crippen molar-refractivity contribution >= 4 is 44.1 Å². The van der Waals surface area contributed by atoms with E-state index in [1.165, 1.54) is 27.4 Å². The number of nitrogens with zero attached hydrogens (tertiary/aromatic N) is 1. The van der Waals surface area contributed by atoms with Gasteiger partial charge in [-0.15, -0.1) is 0 Å². The van der Waals surface area contributed by atoms with Gasteiger partial charge in [0.25, 0.3) is 0 Å². The van der Waals surface area contributed by atoms with E-state index in [4.69, 9.17) is 11.6 Å². The number of hydrogen-bond donors (Lipinski definition) is 2. The smallest absolute Gasteiger partial charge is 0.244 e. The monoisotopic (exact) mass is 459 g/mol. The van der Waals surface area contributed by atoms with E-state index in [0.29, 0.717) is 31.6 Å². The molecule has 1 aliphatic rings. The minimum atomic E-state index is -3.67. The number of sulfonamides is 1. The molecule has 164 valence electrons. The van der Waals surface area contributed by atoms with E-state index < -0.39 is 10.0 Å². The number of carbonyl (C=O) groups is 1. The molecule has 8 heteroatoms. The van der Waals surface area contributed by atoms with Gasteiger partial charge < -0.3 is 10.3 Å². The molecule has 0 atom stereocenters. The van der Waals surface area contributed by atoms with Gasteiger partial charge in [0.2, 0.25) is 15.9 Å². The fourth-order valence-corrected chi connectivity index (χ4v) is 6.04. The Morgan fingerprint density at radius 3 is 2.68 bits per heavy atom. The van der Waals surface area contributed by atoms with Gasteiger partial charge in [-0.25, -0.2) is 8.42 Å². The van der Waals surface area contributed by atoms with Crippen LogP contribution in [0.3, 0.4) is 0 Å². The van der Waals surface area contributed by atoms with Gasteiger partial charge in [0, 0.05) is 42.3 Å². The van der Waals surface area contributed by atoms with Crippen LogP contribution in [-0.4, -0.2) is 36.7 Å². The molecule has 1 amide bonds. The lowest BCUT2D eigenvalue weighted by Crippen LogP contribution is -2.35. The molecule has 1 saturated heterocycles. The van der Waals surface area contributed by atoms with E-state index in [1.54, 1.807) is 6.07 Å². The van der Waals surface area contributed by atoms with E-state index in [2.05, 4.69) is 16.4 Å². The van der Waals surface area contributed by atoms with Crippen molar-refractivity contribution in [3.8, 4) is 0 Å². The van der Waals surface area contributed by atoms with Gasteiger partial charge in [0.15, 0.2) is 0 Å². The maximum absolute atomic E-state index is 13.0. The molecule has 0 saturated carbocycles. The van der Waals surface area contributed by atoms with E-state index >= 15 is 0 Å². The Morgan fingerprint density at radius 2 is 1.87 bits per heavy atom. The summed E-state index contributed by atoms with van der Waals surface area (Å²) in [5.74, 6) is -0.150. The minimum absolute atomic E-state index is 0.0488. The summed E-state index contributed by atoms with van der Waals surface area (Å²) in [6.45, 7) is 1.01. The molecule has 0 unspecified atom stereocenters. The summed E-state index contributed by atoms with van der Waals surface area (Å²) in [6.07, 6.45) is 6.55. The van der Waals surface area contributed by atoms with Gasteiger partial charge in [0.1, 0.15) is 4.90 Å². The maximum atomic E-state index is 13.0. The summed E-state index contributed by atoms with van der Waals surface area (Å²) in [5, 5.41) is 4.16. The highest BCUT2D eigenvalue weighted by Gasteiger charge is 2.28. The van der Waals surface area contributed by atoms with Crippen molar-refractivity contribution in [2.75, 3.05) is 18.4 Å². The number of hydrogen-bond acceptors (Lipinski definition) is 3. The maximum Gasteiger partial charge on any atom is 0.244 e. The lowest BCUT2D eigenvalue weighted by atomic mass is 10.1. The van der Waals surface area contributed by atoms with E-state index in [1.807, 2.05) is 24.4 Å². The van der Waals surface area contributed by atoms with Crippen LogP contribution in [0.25, 0.3) is 10.9 Å². The largest absolute Gasteiger partial charge is 0.361 e. The number of rotatable bonds is 7. The summed E-state index contributed by atoms with van der Waals surface area (Å²) < 4.78 is 27.4. The Bertz CT molecular complexity index is 1180. The predicted octanol–water partition coefficient (Wildman–Crippen LogP) is 4.96. The Hall–Kier alpha value is -2.35. The second-order valence-corrected chi connectivity index (χ2v) is 10.2. The molecule has 2 aromatic carbocycles. The topological polar surface area (TPSA) is 82.3 Å². The van der Waals surface area contributed by atoms with Crippen molar-refractivity contribution in [1.82, 2.24) is 9.29 Å². The minimum Gasteiger partial charge on any atom is -0.361 e. The number of para-hydroxylation sites is 1. The molecule has 0 spiro atoms. The first-order chi connectivity index (χ1) is 14.9. The zero-order chi connectivity index (χ0) is 21.8. The van der Waals surface area contributed by atoms with Crippen molar-refractivity contribution < 1.29 is 13.2 Å². The third kappa shape index (κ3) is 4.95. The quantitative estimate of drug-likeness (QED) is 0.524. The van der Waals surface area contributed by atoms with E-state index in [0.717, 1.165) is 31.2 Å².